The van der Waals surface area contributed by atoms with E-state index in [-0.39, 0.29) is 18.2 Å². The molecule has 0 atom stereocenters. The molecule has 1 N–H and O–H groups in total. The van der Waals surface area contributed by atoms with Crippen LogP contribution in [-0.2, 0) is 4.79 Å². The predicted molar refractivity (Wildman–Crippen MR) is 83.1 cm³/mol. The first-order chi connectivity index (χ1) is 10.4. The first-order valence-electron chi connectivity index (χ1n) is 6.69. The highest BCUT2D eigenvalue weighted by atomic mass is 16.6. The van der Waals surface area contributed by atoms with Gasteiger partial charge >= 0.3 is 0 Å². The van der Waals surface area contributed by atoms with E-state index in [9.17, 15) is 14.9 Å². The van der Waals surface area contributed by atoms with E-state index in [0.717, 1.165) is 16.8 Å². The minimum Gasteiger partial charge on any atom is -0.484 e. The zero-order valence-corrected chi connectivity index (χ0v) is 12.3. The van der Waals surface area contributed by atoms with Crippen LogP contribution in [0.25, 0.3) is 0 Å². The van der Waals surface area contributed by atoms with Gasteiger partial charge in [-0.05, 0) is 49.2 Å². The SMILES string of the molecule is Cc1cc(C)cc(NC(=O)COc2ccc([N+](=O)[O-])cc2)c1. The van der Waals surface area contributed by atoms with E-state index in [1.54, 1.807) is 0 Å². The topological polar surface area (TPSA) is 81.5 Å². The highest BCUT2D eigenvalue weighted by Gasteiger charge is 2.07. The van der Waals surface area contributed by atoms with Crippen molar-refractivity contribution in [3.8, 4) is 5.75 Å². The molecule has 22 heavy (non-hydrogen) atoms. The summed E-state index contributed by atoms with van der Waals surface area (Å²) in [6.07, 6.45) is 0. The summed E-state index contributed by atoms with van der Waals surface area (Å²) in [5.74, 6) is 0.115. The van der Waals surface area contributed by atoms with Crippen molar-refractivity contribution >= 4 is 17.3 Å². The van der Waals surface area contributed by atoms with Crippen LogP contribution in [0, 0.1) is 24.0 Å². The largest absolute Gasteiger partial charge is 0.484 e. The van der Waals surface area contributed by atoms with E-state index in [1.165, 1.54) is 24.3 Å². The lowest BCUT2D eigenvalue weighted by molar-refractivity contribution is -0.384. The number of hydrogen-bond acceptors (Lipinski definition) is 4. The third-order valence-electron chi connectivity index (χ3n) is 2.92. The van der Waals surface area contributed by atoms with Gasteiger partial charge in [0.15, 0.2) is 6.61 Å². The Morgan fingerprint density at radius 3 is 2.27 bits per heavy atom. The van der Waals surface area contributed by atoms with Crippen LogP contribution in [0.3, 0.4) is 0 Å². The van der Waals surface area contributed by atoms with Gasteiger partial charge in [-0.1, -0.05) is 6.07 Å². The molecule has 0 radical (unpaired) electrons. The Bertz CT molecular complexity index is 676. The van der Waals surface area contributed by atoms with Crippen LogP contribution in [0.4, 0.5) is 11.4 Å². The van der Waals surface area contributed by atoms with Gasteiger partial charge in [0.05, 0.1) is 4.92 Å². The minimum atomic E-state index is -0.490. The van der Waals surface area contributed by atoms with Crippen molar-refractivity contribution in [1.29, 1.82) is 0 Å². The maximum atomic E-state index is 11.8. The fraction of sp³-hybridized carbons (Fsp3) is 0.188. The van der Waals surface area contributed by atoms with Gasteiger partial charge < -0.3 is 10.1 Å². The number of hydrogen-bond donors (Lipinski definition) is 1. The molecule has 0 saturated carbocycles. The molecule has 1 amide bonds. The summed E-state index contributed by atoms with van der Waals surface area (Å²) >= 11 is 0. The predicted octanol–water partition coefficient (Wildman–Crippen LogP) is 3.23. The quantitative estimate of drug-likeness (QED) is 0.679. The first kappa shape index (κ1) is 15.5. The minimum absolute atomic E-state index is 0.0213. The molecule has 2 rings (SSSR count). The molecule has 0 spiro atoms. The van der Waals surface area contributed by atoms with E-state index in [1.807, 2.05) is 32.0 Å². The molecule has 0 aromatic heterocycles. The molecule has 114 valence electrons. The lowest BCUT2D eigenvalue weighted by atomic mass is 10.1. The Morgan fingerprint density at radius 1 is 1.14 bits per heavy atom. The molecule has 0 bridgehead atoms. The molecule has 0 fully saturated rings. The van der Waals surface area contributed by atoms with Gasteiger partial charge in [0.25, 0.3) is 11.6 Å². The average molecular weight is 300 g/mol. The molecule has 0 aliphatic rings. The Labute approximate surface area is 127 Å². The summed E-state index contributed by atoms with van der Waals surface area (Å²) in [7, 11) is 0. The zero-order chi connectivity index (χ0) is 16.1. The molecule has 0 heterocycles. The smallest absolute Gasteiger partial charge is 0.269 e. The summed E-state index contributed by atoms with van der Waals surface area (Å²) in [4.78, 5) is 21.9. The first-order valence-corrected chi connectivity index (χ1v) is 6.69. The Hall–Kier alpha value is -2.89. The maximum absolute atomic E-state index is 11.8. The van der Waals surface area contributed by atoms with E-state index in [0.29, 0.717) is 5.75 Å². The highest BCUT2D eigenvalue weighted by Crippen LogP contribution is 2.17. The van der Waals surface area contributed by atoms with Gasteiger partial charge in [0.1, 0.15) is 5.75 Å². The van der Waals surface area contributed by atoms with E-state index in [2.05, 4.69) is 5.32 Å². The number of carbonyl (C=O) groups excluding carboxylic acids is 1. The van der Waals surface area contributed by atoms with Crippen molar-refractivity contribution in [2.75, 3.05) is 11.9 Å². The molecule has 6 nitrogen and oxygen atoms in total. The summed E-state index contributed by atoms with van der Waals surface area (Å²) in [6, 6.07) is 11.3. The average Bonchev–Trinajstić information content (AvgIpc) is 2.44. The van der Waals surface area contributed by atoms with Crippen LogP contribution in [-0.4, -0.2) is 17.4 Å². The summed E-state index contributed by atoms with van der Waals surface area (Å²) in [5.41, 5.74) is 2.82. The van der Waals surface area contributed by atoms with Gasteiger partial charge in [-0.2, -0.15) is 0 Å². The van der Waals surface area contributed by atoms with E-state index in [4.69, 9.17) is 4.74 Å². The fourth-order valence-corrected chi connectivity index (χ4v) is 2.06. The zero-order valence-electron chi connectivity index (χ0n) is 12.3. The Balaban J connectivity index is 1.91. The van der Waals surface area contributed by atoms with Gasteiger partial charge in [-0.15, -0.1) is 0 Å². The fourth-order valence-electron chi connectivity index (χ4n) is 2.06. The molecule has 2 aromatic carbocycles. The van der Waals surface area contributed by atoms with Crippen LogP contribution in [0.5, 0.6) is 5.75 Å². The van der Waals surface area contributed by atoms with Crippen molar-refractivity contribution in [2.45, 2.75) is 13.8 Å². The Morgan fingerprint density at radius 2 is 1.73 bits per heavy atom. The van der Waals surface area contributed by atoms with Crippen LogP contribution >= 0.6 is 0 Å². The third-order valence-corrected chi connectivity index (χ3v) is 2.92. The number of anilines is 1. The third kappa shape index (κ3) is 4.31. The molecular weight excluding hydrogens is 284 g/mol. The number of carbonyl (C=O) groups is 1. The summed E-state index contributed by atoms with van der Waals surface area (Å²) in [6.45, 7) is 3.75. The number of nitrogens with zero attached hydrogens (tertiary/aromatic N) is 1. The van der Waals surface area contributed by atoms with Crippen molar-refractivity contribution in [1.82, 2.24) is 0 Å². The van der Waals surface area contributed by atoms with Crippen molar-refractivity contribution in [3.05, 3.63) is 63.7 Å². The second kappa shape index (κ2) is 6.71. The van der Waals surface area contributed by atoms with Crippen molar-refractivity contribution in [3.63, 3.8) is 0 Å². The van der Waals surface area contributed by atoms with E-state index < -0.39 is 4.92 Å². The number of ether oxygens (including phenoxy) is 1. The molecule has 0 aliphatic carbocycles. The molecule has 6 heteroatoms. The van der Waals surface area contributed by atoms with Crippen molar-refractivity contribution in [2.24, 2.45) is 0 Å². The standard InChI is InChI=1S/C16H16N2O4/c1-11-7-12(2)9-13(8-11)17-16(19)10-22-15-5-3-14(4-6-15)18(20)21/h3-9H,10H2,1-2H3,(H,17,19). The summed E-state index contributed by atoms with van der Waals surface area (Å²) in [5, 5.41) is 13.3. The molecular formula is C16H16N2O4. The molecule has 0 aliphatic heterocycles. The van der Waals surface area contributed by atoms with Crippen LogP contribution in [0.1, 0.15) is 11.1 Å². The van der Waals surface area contributed by atoms with Crippen molar-refractivity contribution < 1.29 is 14.5 Å². The number of nitro benzene ring substituents is 1. The summed E-state index contributed by atoms with van der Waals surface area (Å²) < 4.78 is 5.30. The molecule has 0 unspecified atom stereocenters. The molecule has 0 saturated heterocycles. The lowest BCUT2D eigenvalue weighted by Crippen LogP contribution is -2.20. The second-order valence-electron chi connectivity index (χ2n) is 4.96. The van der Waals surface area contributed by atoms with Gasteiger partial charge in [-0.25, -0.2) is 0 Å². The maximum Gasteiger partial charge on any atom is 0.269 e. The van der Waals surface area contributed by atoms with Gasteiger partial charge in [0, 0.05) is 17.8 Å². The van der Waals surface area contributed by atoms with Crippen LogP contribution in [0.15, 0.2) is 42.5 Å². The van der Waals surface area contributed by atoms with Gasteiger partial charge in [-0.3, -0.25) is 14.9 Å². The Kier molecular flexibility index (Phi) is 4.73. The van der Waals surface area contributed by atoms with Gasteiger partial charge in [0.2, 0.25) is 0 Å². The number of benzene rings is 2. The second-order valence-corrected chi connectivity index (χ2v) is 4.96. The monoisotopic (exact) mass is 300 g/mol. The number of non-ortho nitro benzene ring substituents is 1. The molecule has 2 aromatic rings. The highest BCUT2D eigenvalue weighted by molar-refractivity contribution is 5.92. The number of nitro groups is 1. The number of rotatable bonds is 5. The van der Waals surface area contributed by atoms with Crippen LogP contribution in [0.2, 0.25) is 0 Å². The van der Waals surface area contributed by atoms with Crippen LogP contribution < -0.4 is 10.1 Å². The lowest BCUT2D eigenvalue weighted by Gasteiger charge is -2.09. The normalized spacial score (nSPS) is 10.1. The number of aryl methyl sites for hydroxylation is 2. The van der Waals surface area contributed by atoms with E-state index >= 15 is 0 Å². The number of nitrogens with one attached hydrogen (secondary N) is 1. The number of amides is 1.